The molecular weight excluding hydrogens is 468 g/mol. The number of hydrogen-bond acceptors (Lipinski definition) is 5. The van der Waals surface area contributed by atoms with Crippen molar-refractivity contribution in [3.63, 3.8) is 0 Å². The van der Waals surface area contributed by atoms with Gasteiger partial charge in [0.1, 0.15) is 28.9 Å². The zero-order valence-corrected chi connectivity index (χ0v) is 18.8. The van der Waals surface area contributed by atoms with Gasteiger partial charge in [-0.2, -0.15) is 0 Å². The molecule has 1 heterocycles. The molecule has 0 aliphatic carbocycles. The van der Waals surface area contributed by atoms with Gasteiger partial charge in [-0.05, 0) is 42.0 Å². The first kappa shape index (κ1) is 23.3. The number of halogens is 3. The van der Waals surface area contributed by atoms with Crippen LogP contribution in [0.15, 0.2) is 66.2 Å². The van der Waals surface area contributed by atoms with Crippen LogP contribution in [0.4, 0.5) is 14.5 Å². The minimum Gasteiger partial charge on any atom is -0.507 e. The van der Waals surface area contributed by atoms with Gasteiger partial charge in [0.2, 0.25) is 0 Å². The predicted octanol–water partition coefficient (Wildman–Crippen LogP) is 5.26. The Kier molecular flexibility index (Phi) is 6.26. The van der Waals surface area contributed by atoms with Crippen molar-refractivity contribution >= 4 is 34.7 Å². The van der Waals surface area contributed by atoms with Crippen molar-refractivity contribution in [2.24, 2.45) is 0 Å². The van der Waals surface area contributed by atoms with Gasteiger partial charge < -0.3 is 14.6 Å². The molecule has 1 fully saturated rings. The second kappa shape index (κ2) is 9.15. The number of nitrogens with zero attached hydrogens (tertiary/aromatic N) is 1. The number of aliphatic hydroxyl groups excluding tert-OH is 1. The third-order valence-corrected chi connectivity index (χ3v) is 5.74. The van der Waals surface area contributed by atoms with E-state index in [-0.39, 0.29) is 33.3 Å². The summed E-state index contributed by atoms with van der Waals surface area (Å²) in [5.41, 5.74) is 0.165. The molecule has 34 heavy (non-hydrogen) atoms. The van der Waals surface area contributed by atoms with Crippen LogP contribution in [-0.4, -0.2) is 31.0 Å². The fourth-order valence-corrected chi connectivity index (χ4v) is 4.12. The number of anilines is 1. The highest BCUT2D eigenvalue weighted by atomic mass is 35.5. The maximum Gasteiger partial charge on any atom is 0.300 e. The summed E-state index contributed by atoms with van der Waals surface area (Å²) in [7, 11) is 2.75. The summed E-state index contributed by atoms with van der Waals surface area (Å²) in [6, 6.07) is 11.8. The lowest BCUT2D eigenvalue weighted by Gasteiger charge is -2.25. The average Bonchev–Trinajstić information content (AvgIpc) is 3.09. The van der Waals surface area contributed by atoms with Crippen LogP contribution in [0.3, 0.4) is 0 Å². The quantitative estimate of drug-likeness (QED) is 0.303. The number of ether oxygens (including phenoxy) is 2. The maximum atomic E-state index is 14.0. The number of methoxy groups -OCH3 is 2. The second-order valence-electron chi connectivity index (χ2n) is 7.39. The molecule has 1 saturated heterocycles. The Morgan fingerprint density at radius 1 is 0.941 bits per heavy atom. The Bertz CT molecular complexity index is 1320. The Hall–Kier alpha value is -3.91. The number of carbonyl (C=O) groups excluding carboxylic acids is 2. The largest absolute Gasteiger partial charge is 0.507 e. The molecule has 3 aromatic carbocycles. The minimum absolute atomic E-state index is 0.0395. The van der Waals surface area contributed by atoms with Gasteiger partial charge in [-0.3, -0.25) is 14.5 Å². The zero-order valence-electron chi connectivity index (χ0n) is 18.0. The number of amides is 1. The highest BCUT2D eigenvalue weighted by Gasteiger charge is 2.47. The second-order valence-corrected chi connectivity index (χ2v) is 7.79. The molecule has 4 rings (SSSR count). The van der Waals surface area contributed by atoms with E-state index in [2.05, 4.69) is 0 Å². The molecule has 1 atom stereocenters. The number of Topliss-reactive ketones (excluding diaryl/α,β-unsaturated/α-hetero) is 1. The van der Waals surface area contributed by atoms with E-state index in [9.17, 15) is 23.5 Å². The van der Waals surface area contributed by atoms with E-state index in [1.165, 1.54) is 56.7 Å². The van der Waals surface area contributed by atoms with Gasteiger partial charge in [0.25, 0.3) is 11.7 Å². The van der Waals surface area contributed by atoms with Crippen LogP contribution in [0.25, 0.3) is 5.76 Å². The molecule has 1 unspecified atom stereocenters. The SMILES string of the molecule is COc1cc(OC)c(/C(O)=C2\C(=O)C(=O)N(c3cccc(F)c3)C2c2ccc(F)cc2)cc1Cl. The highest BCUT2D eigenvalue weighted by molar-refractivity contribution is 6.51. The molecule has 1 aliphatic rings. The molecule has 0 bridgehead atoms. The summed E-state index contributed by atoms with van der Waals surface area (Å²) >= 11 is 6.23. The smallest absolute Gasteiger partial charge is 0.300 e. The van der Waals surface area contributed by atoms with Gasteiger partial charge >= 0.3 is 0 Å². The summed E-state index contributed by atoms with van der Waals surface area (Å²) in [5.74, 6) is -3.31. The van der Waals surface area contributed by atoms with E-state index in [1.807, 2.05) is 0 Å². The first-order chi connectivity index (χ1) is 16.3. The molecule has 1 amide bonds. The van der Waals surface area contributed by atoms with Gasteiger partial charge in [0.05, 0.1) is 36.4 Å². The summed E-state index contributed by atoms with van der Waals surface area (Å²) < 4.78 is 38.1. The van der Waals surface area contributed by atoms with Crippen molar-refractivity contribution in [3.05, 3.63) is 94.0 Å². The van der Waals surface area contributed by atoms with E-state index < -0.39 is 35.1 Å². The Labute approximate surface area is 198 Å². The van der Waals surface area contributed by atoms with E-state index >= 15 is 0 Å². The number of ketones is 1. The number of rotatable bonds is 5. The van der Waals surface area contributed by atoms with Gasteiger partial charge in [0.15, 0.2) is 0 Å². The fraction of sp³-hybridized carbons (Fsp3) is 0.120. The van der Waals surface area contributed by atoms with Crippen LogP contribution >= 0.6 is 11.6 Å². The summed E-state index contributed by atoms with van der Waals surface area (Å²) in [6.07, 6.45) is 0. The Balaban J connectivity index is 1.99. The van der Waals surface area contributed by atoms with E-state index in [0.29, 0.717) is 5.56 Å². The maximum absolute atomic E-state index is 14.0. The molecule has 0 saturated carbocycles. The van der Waals surface area contributed by atoms with Crippen molar-refractivity contribution in [1.82, 2.24) is 0 Å². The van der Waals surface area contributed by atoms with Crippen LogP contribution in [0, 0.1) is 11.6 Å². The van der Waals surface area contributed by atoms with Crippen LogP contribution in [0.2, 0.25) is 5.02 Å². The number of hydrogen-bond donors (Lipinski definition) is 1. The predicted molar refractivity (Wildman–Crippen MR) is 122 cm³/mol. The molecule has 3 aromatic rings. The van der Waals surface area contributed by atoms with Crippen molar-refractivity contribution in [2.75, 3.05) is 19.1 Å². The molecular formula is C25H18ClF2NO5. The first-order valence-corrected chi connectivity index (χ1v) is 10.4. The monoisotopic (exact) mass is 485 g/mol. The summed E-state index contributed by atoms with van der Waals surface area (Å²) in [5, 5.41) is 11.4. The summed E-state index contributed by atoms with van der Waals surface area (Å²) in [4.78, 5) is 27.3. The molecule has 6 nitrogen and oxygen atoms in total. The molecule has 9 heteroatoms. The lowest BCUT2D eigenvalue weighted by atomic mass is 9.94. The van der Waals surface area contributed by atoms with Gasteiger partial charge in [-0.15, -0.1) is 0 Å². The topological polar surface area (TPSA) is 76.1 Å². The first-order valence-electron chi connectivity index (χ1n) is 10.0. The Morgan fingerprint density at radius 3 is 2.24 bits per heavy atom. The van der Waals surface area contributed by atoms with Gasteiger partial charge in [0, 0.05) is 11.8 Å². The lowest BCUT2D eigenvalue weighted by Crippen LogP contribution is -2.29. The van der Waals surface area contributed by atoms with Crippen molar-refractivity contribution in [1.29, 1.82) is 0 Å². The van der Waals surface area contributed by atoms with E-state index in [4.69, 9.17) is 21.1 Å². The van der Waals surface area contributed by atoms with E-state index in [0.717, 1.165) is 23.1 Å². The third kappa shape index (κ3) is 3.97. The number of aliphatic hydroxyl groups is 1. The van der Waals surface area contributed by atoms with Crippen LogP contribution in [0.5, 0.6) is 11.5 Å². The van der Waals surface area contributed by atoms with Crippen molar-refractivity contribution < 1.29 is 33.0 Å². The lowest BCUT2D eigenvalue weighted by molar-refractivity contribution is -0.132. The minimum atomic E-state index is -1.17. The molecule has 0 spiro atoms. The summed E-state index contributed by atoms with van der Waals surface area (Å²) in [6.45, 7) is 0. The van der Waals surface area contributed by atoms with E-state index in [1.54, 1.807) is 0 Å². The van der Waals surface area contributed by atoms with Crippen LogP contribution in [-0.2, 0) is 9.59 Å². The van der Waals surface area contributed by atoms with Gasteiger partial charge in [-0.25, -0.2) is 8.78 Å². The average molecular weight is 486 g/mol. The van der Waals surface area contributed by atoms with Crippen LogP contribution in [0.1, 0.15) is 17.2 Å². The van der Waals surface area contributed by atoms with Crippen molar-refractivity contribution in [3.8, 4) is 11.5 Å². The molecule has 1 N–H and O–H groups in total. The Morgan fingerprint density at radius 2 is 1.62 bits per heavy atom. The number of benzene rings is 3. The van der Waals surface area contributed by atoms with Crippen molar-refractivity contribution in [2.45, 2.75) is 6.04 Å². The molecule has 174 valence electrons. The fourth-order valence-electron chi connectivity index (χ4n) is 3.88. The molecule has 1 aliphatic heterocycles. The zero-order chi connectivity index (χ0) is 24.6. The number of carbonyl (C=O) groups is 2. The third-order valence-electron chi connectivity index (χ3n) is 5.45. The molecule has 0 aromatic heterocycles. The van der Waals surface area contributed by atoms with Gasteiger partial charge in [-0.1, -0.05) is 29.8 Å². The van der Waals surface area contributed by atoms with Crippen LogP contribution < -0.4 is 14.4 Å². The molecule has 0 radical (unpaired) electrons. The highest BCUT2D eigenvalue weighted by Crippen LogP contribution is 2.44. The standard InChI is InChI=1S/C25H18ClF2NO5/c1-33-19-12-20(34-2)18(26)11-17(19)23(30)21-22(13-6-8-14(27)9-7-13)29(25(32)24(21)31)16-5-3-4-15(28)10-16/h3-12,22,30H,1-2H3/b23-21+. The normalized spacial score (nSPS) is 17.2.